The molecule has 17 nitrogen and oxygen atoms in total. The first-order chi connectivity index (χ1) is 65.0. The lowest BCUT2D eigenvalue weighted by molar-refractivity contribution is -0.172. The van der Waals surface area contributed by atoms with Crippen LogP contribution in [0, 0.1) is 10.8 Å². The van der Waals surface area contributed by atoms with Gasteiger partial charge in [0.15, 0.2) is 6.10 Å². The Balaban J connectivity index is -0.0000000412. The molecule has 0 radical (unpaired) electrons. The molecule has 4 aromatic rings. The number of alkyl halides is 6. The van der Waals surface area contributed by atoms with Crippen molar-refractivity contribution in [2.45, 2.75) is 177 Å². The van der Waals surface area contributed by atoms with Gasteiger partial charge in [-0.3, -0.25) is 19.8 Å². The number of pyridine rings is 2. The summed E-state index contributed by atoms with van der Waals surface area (Å²) in [6.07, 6.45) is -11.5. The van der Waals surface area contributed by atoms with E-state index in [0.717, 1.165) is 46.0 Å². The lowest BCUT2D eigenvalue weighted by atomic mass is 9.87. The largest absolute Gasteiger partial charge is 0.480 e. The molecule has 0 aliphatic heterocycles. The first-order valence-corrected chi connectivity index (χ1v) is 25.5. The Morgan fingerprint density at radius 3 is 1.24 bits per heavy atom. The van der Waals surface area contributed by atoms with Crippen molar-refractivity contribution in [1.82, 2.24) is 19.8 Å². The van der Waals surface area contributed by atoms with Crippen LogP contribution in [-0.2, 0) is 81.3 Å². The topological polar surface area (TPSA) is 221 Å². The lowest BCUT2D eigenvalue weighted by Gasteiger charge is -2.33. The van der Waals surface area contributed by atoms with Gasteiger partial charge in [0.25, 0.3) is 0 Å². The highest BCUT2D eigenvalue weighted by molar-refractivity contribution is 5.85. The van der Waals surface area contributed by atoms with E-state index in [-0.39, 0.29) is 50.9 Å². The molecule has 0 saturated heterocycles. The molecule has 0 aliphatic rings. The minimum atomic E-state index is -4.63. The van der Waals surface area contributed by atoms with E-state index in [9.17, 15) is 65.3 Å². The standard InChI is InChI=1S/C29H37F3N2O6.C16H14F3NO3.C13H25NO4.CH4.28H2/c1-27(2,3)16-21(34(7)26(37)40-28(4,5)6)24(35)39-22(25(36)38-18-19-11-9-8-10-12-19)15-20-13-14-23(33-17-20)29(30,31)32;17-16(18,19)14-7-6-12(9-20-14)8-13(21)15(22)23-10-11-4-2-1-3-5-11;1-12(2,3)8-9(10(15)16)14(7)11(17)18-13(4,5)6;;;;;;;;;;;;;;;;;;;;;;;;;;;;;/h8-14,17,21-22H,15-16,18H2,1-7H3;1-7,9,13,21H,8,10H2;9H,8H2,1-7H3,(H,15,16);1H4;28*1H/t21-,22+;13-;9-;;;;;;;;;;;;;;;;;;;;;;;;;;;;;/m010............................./s1/i;;;;28*1+1D. The van der Waals surface area contributed by atoms with E-state index in [1.54, 1.807) is 96.1 Å². The average molecular weight is 1280 g/mol. The number of nitrogens with zero attached hydrogens (tertiary/aromatic N) is 4. The monoisotopic (exact) mass is 1280 g/mol. The fourth-order valence-electron chi connectivity index (χ4n) is 6.84. The van der Waals surface area contributed by atoms with Gasteiger partial charge < -0.3 is 33.9 Å². The third-order valence-corrected chi connectivity index (χ3v) is 10.8. The molecular weight excluding hydrogens is 1090 g/mol. The molecule has 2 aromatic heterocycles. The minimum Gasteiger partial charge on any atom is -0.480 e. The highest BCUT2D eigenvalue weighted by Gasteiger charge is 2.39. The second-order valence-electron chi connectivity index (χ2n) is 23.2. The van der Waals surface area contributed by atoms with Gasteiger partial charge in [-0.1, -0.05) is 122 Å². The number of carboxylic acids is 1. The number of likely N-dealkylation sites (N-methyl/N-ethyl adjacent to an activating group) is 2. The van der Waals surface area contributed by atoms with Crippen molar-refractivity contribution in [1.29, 1.82) is 0 Å². The van der Waals surface area contributed by atoms with Gasteiger partial charge in [-0.15, -0.1) is 0 Å². The zero-order valence-electron chi connectivity index (χ0n) is 104. The first kappa shape index (κ1) is 38.5. The van der Waals surface area contributed by atoms with Crippen molar-refractivity contribution in [2.24, 2.45) is 10.8 Å². The summed E-state index contributed by atoms with van der Waals surface area (Å²) in [5.41, 5.74) is -2.20. The van der Waals surface area contributed by atoms with Gasteiger partial charge in [-0.05, 0) is 99.6 Å². The maximum absolute atomic E-state index is 13.5. The molecule has 0 bridgehead atoms. The third-order valence-electron chi connectivity index (χ3n) is 10.8. The fraction of sp³-hybridized carbons (Fsp3) is 0.525. The van der Waals surface area contributed by atoms with Gasteiger partial charge in [0, 0.05) is 122 Å². The van der Waals surface area contributed by atoms with Crippen LogP contribution in [0.4, 0.5) is 35.9 Å². The molecule has 2 amide bonds. The molecule has 4 atom stereocenters. The van der Waals surface area contributed by atoms with Crippen molar-refractivity contribution >= 4 is 36.1 Å². The summed E-state index contributed by atoms with van der Waals surface area (Å²) in [4.78, 5) is 83.0. The summed E-state index contributed by atoms with van der Waals surface area (Å²) in [7, 11) is 2.85. The predicted molar refractivity (Wildman–Crippen MR) is 352 cm³/mol. The number of aromatic nitrogens is 2. The molecular formula is C59H136F6N4O13. The van der Waals surface area contributed by atoms with Gasteiger partial charge in [0.1, 0.15) is 47.9 Å². The van der Waals surface area contributed by atoms with E-state index in [2.05, 4.69) is 9.97 Å². The number of ether oxygens (including phenoxy) is 5. The fourth-order valence-corrected chi connectivity index (χ4v) is 6.84. The smallest absolute Gasteiger partial charge is 0.433 e. The van der Waals surface area contributed by atoms with Crippen molar-refractivity contribution in [3.63, 3.8) is 0 Å². The van der Waals surface area contributed by atoms with E-state index in [1.807, 2.05) is 47.6 Å². The van der Waals surface area contributed by atoms with Crippen LogP contribution in [-0.4, -0.2) is 116 Å². The van der Waals surface area contributed by atoms with Crippen LogP contribution in [0.1, 0.15) is 220 Å². The van der Waals surface area contributed by atoms with Crippen LogP contribution >= 0.6 is 0 Å². The zero-order chi connectivity index (χ0) is 118. The summed E-state index contributed by atoms with van der Waals surface area (Å²) in [5.74, 6) is -3.64. The molecule has 0 fully saturated rings. The molecule has 2 heterocycles. The van der Waals surface area contributed by atoms with E-state index < -0.39 is 101 Å². The maximum Gasteiger partial charge on any atom is 0.433 e. The number of benzene rings is 2. The van der Waals surface area contributed by atoms with Gasteiger partial charge in [0.05, 0.1) is 0 Å². The Kier molecular flexibility index (Phi) is 14.6. The second-order valence-corrected chi connectivity index (χ2v) is 23.2. The molecule has 512 valence electrons. The van der Waals surface area contributed by atoms with Gasteiger partial charge in [-0.2, -0.15) is 26.3 Å². The molecule has 2 N–H and O–H groups in total. The van der Waals surface area contributed by atoms with Crippen molar-refractivity contribution in [3.8, 4) is 0 Å². The molecule has 2 aromatic carbocycles. The first-order valence-electron chi connectivity index (χ1n) is 53.5. The summed E-state index contributed by atoms with van der Waals surface area (Å²) in [6.45, 7) is 21.6. The molecule has 0 aliphatic carbocycles. The molecule has 23 heteroatoms. The number of carbonyl (C=O) groups excluding carboxylic acids is 5. The molecule has 0 saturated carbocycles. The number of esters is 3. The van der Waals surface area contributed by atoms with Crippen LogP contribution in [0.2, 0.25) is 0 Å². The number of halogens is 6. The van der Waals surface area contributed by atoms with Gasteiger partial charge >= 0.3 is 48.4 Å². The predicted octanol–water partition coefficient (Wildman–Crippen LogP) is 19.0. The molecule has 0 unspecified atom stereocenters. The van der Waals surface area contributed by atoms with E-state index >= 15 is 0 Å². The van der Waals surface area contributed by atoms with Crippen LogP contribution in [0.15, 0.2) is 97.3 Å². The molecule has 0 spiro atoms. The second kappa shape index (κ2) is 31.2. The van der Waals surface area contributed by atoms with Crippen molar-refractivity contribution in [3.05, 3.63) is 131 Å². The van der Waals surface area contributed by atoms with E-state index in [0.29, 0.717) is 17.5 Å². The summed E-state index contributed by atoms with van der Waals surface area (Å²) in [5, 5.41) is 19.0. The number of amides is 2. The number of aliphatic carboxylic acids is 1. The quantitative estimate of drug-likeness (QED) is 0.0570. The lowest BCUT2D eigenvalue weighted by Crippen LogP contribution is -2.48. The third kappa shape index (κ3) is 28.4. The Bertz CT molecular complexity index is 2760. The number of carboxylic acid groups (broad SMARTS) is 1. The van der Waals surface area contributed by atoms with Gasteiger partial charge in [-0.25, -0.2) is 28.8 Å². The highest BCUT2D eigenvalue weighted by atomic mass is 19.4. The Hall–Kier alpha value is -7.30. The Morgan fingerprint density at radius 1 is 0.537 bits per heavy atom. The van der Waals surface area contributed by atoms with Gasteiger partial charge in [0.2, 0.25) is 6.10 Å². The Labute approximate surface area is 563 Å². The van der Waals surface area contributed by atoms with Crippen LogP contribution < -0.4 is 0 Å². The number of aliphatic hydroxyl groups is 1. The number of carbonyl (C=O) groups is 6. The van der Waals surface area contributed by atoms with E-state index in [4.69, 9.17) is 107 Å². The Morgan fingerprint density at radius 2 is 0.902 bits per heavy atom. The van der Waals surface area contributed by atoms with Crippen molar-refractivity contribution < 1.29 is 172 Å². The average Bonchev–Trinajstić information content (AvgIpc) is 0.832. The summed E-state index contributed by atoms with van der Waals surface area (Å²) in [6, 6.07) is 19.6. The highest BCUT2D eigenvalue weighted by Crippen LogP contribution is 2.30. The zero-order valence-corrected chi connectivity index (χ0v) is 48.2. The summed E-state index contributed by atoms with van der Waals surface area (Å²) >= 11 is 0. The molecule has 4 rings (SSSR count). The number of aliphatic hydroxyl groups excluding tert-OH is 1. The normalized spacial score (nSPS) is 16.0. The van der Waals surface area contributed by atoms with Crippen LogP contribution in [0.3, 0.4) is 0 Å². The summed E-state index contributed by atoms with van der Waals surface area (Å²) < 4.78 is 383. The maximum atomic E-state index is 13.5. The van der Waals surface area contributed by atoms with Crippen LogP contribution in [0.5, 0.6) is 0 Å². The number of hydrogen-bond donors (Lipinski definition) is 2. The molecule has 82 heavy (non-hydrogen) atoms. The van der Waals surface area contributed by atoms with Crippen LogP contribution in [0.25, 0.3) is 0 Å². The number of hydrogen-bond acceptors (Lipinski definition) is 14. The van der Waals surface area contributed by atoms with E-state index in [1.165, 1.54) is 20.2 Å². The minimum absolute atomic E-state index is 0. The SMILES string of the molecule is C.CN(C(=O)OC(C)(C)C)[C@@H](CC(C)(C)C)C(=O)O.CN(C(=O)OC(C)(C)C)[C@@H](CC(C)(C)C)C(=O)O[C@H](Cc1ccc(C(F)(F)F)nc1)C(=O)OCc1ccccc1.O=C(OCc1ccccc1)[C@H](O)Cc1ccc(C(F)(F)F)nc1.[2H][2H].[2H][2H].[2H][2H].[2H][2H].[2H][2H].[2H][2H].[2H][2H].[2H][2H].[2H][2H].[2H][2H].[2H][2H].[2H][2H].[2H][2H].[2H][2H].[2H][2H].[2H][2H].[2H][2H].[2H][2H].[2H][2H].[2H][2H].[2H][2H].[2H][2H].[2H][2H].[2H][2H].[2H][2H].[2H][2H].[2H][2H].[2H][2H]. The number of rotatable bonds is 17. The van der Waals surface area contributed by atoms with Crippen molar-refractivity contribution in [2.75, 3.05) is 14.1 Å².